The van der Waals surface area contributed by atoms with Crippen molar-refractivity contribution in [2.75, 3.05) is 6.61 Å². The van der Waals surface area contributed by atoms with E-state index in [1.165, 1.54) is 0 Å². The lowest BCUT2D eigenvalue weighted by Crippen LogP contribution is -2.04. The smallest absolute Gasteiger partial charge is 0.342 e. The molecule has 0 amide bonds. The highest BCUT2D eigenvalue weighted by Crippen LogP contribution is 2.36. The van der Waals surface area contributed by atoms with Gasteiger partial charge >= 0.3 is 5.97 Å². The van der Waals surface area contributed by atoms with Gasteiger partial charge in [-0.2, -0.15) is 0 Å². The van der Waals surface area contributed by atoms with Gasteiger partial charge in [0.2, 0.25) is 0 Å². The van der Waals surface area contributed by atoms with E-state index in [0.717, 1.165) is 15.6 Å². The van der Waals surface area contributed by atoms with Crippen molar-refractivity contribution in [3.63, 3.8) is 0 Å². The Morgan fingerprint density at radius 3 is 2.48 bits per heavy atom. The minimum atomic E-state index is -0.385. The molecule has 3 rings (SSSR count). The quantitative estimate of drug-likeness (QED) is 0.564. The van der Waals surface area contributed by atoms with Crippen molar-refractivity contribution in [3.05, 3.63) is 70.7 Å². The summed E-state index contributed by atoms with van der Waals surface area (Å²) >= 11 is 3.51. The summed E-state index contributed by atoms with van der Waals surface area (Å²) in [5.74, 6) is 0.762. The van der Waals surface area contributed by atoms with E-state index in [2.05, 4.69) is 15.9 Å². The molecule has 0 spiro atoms. The number of hydrogen-bond donors (Lipinski definition) is 0. The highest BCUT2D eigenvalue weighted by atomic mass is 79.9. The first-order valence-corrected chi connectivity index (χ1v) is 8.11. The van der Waals surface area contributed by atoms with Crippen LogP contribution in [0.3, 0.4) is 0 Å². The molecule has 0 saturated heterocycles. The second kappa shape index (κ2) is 6.84. The van der Waals surface area contributed by atoms with Crippen LogP contribution >= 0.6 is 15.9 Å². The maximum Gasteiger partial charge on any atom is 0.342 e. The first-order chi connectivity index (χ1) is 11.2. The Morgan fingerprint density at radius 2 is 1.78 bits per heavy atom. The maximum absolute atomic E-state index is 12.3. The molecular formula is C19H15BrO3. The van der Waals surface area contributed by atoms with Crippen LogP contribution < -0.4 is 0 Å². The van der Waals surface area contributed by atoms with E-state index in [0.29, 0.717) is 23.7 Å². The predicted molar refractivity (Wildman–Crippen MR) is 93.2 cm³/mol. The Labute approximate surface area is 143 Å². The average molecular weight is 371 g/mol. The number of carbonyl (C=O) groups excluding carboxylic acids is 1. The molecule has 3 aromatic rings. The van der Waals surface area contributed by atoms with Gasteiger partial charge in [0.1, 0.15) is 17.1 Å². The van der Waals surface area contributed by atoms with E-state index >= 15 is 0 Å². The van der Waals surface area contributed by atoms with Crippen molar-refractivity contribution >= 4 is 21.9 Å². The predicted octanol–water partition coefficient (Wildman–Crippen LogP) is 5.55. The molecule has 0 fully saturated rings. The Morgan fingerprint density at radius 1 is 1.09 bits per heavy atom. The van der Waals surface area contributed by atoms with E-state index in [-0.39, 0.29) is 5.97 Å². The van der Waals surface area contributed by atoms with Crippen molar-refractivity contribution in [2.24, 2.45) is 0 Å². The highest BCUT2D eigenvalue weighted by molar-refractivity contribution is 9.10. The van der Waals surface area contributed by atoms with Crippen LogP contribution in [0, 0.1) is 0 Å². The minimum absolute atomic E-state index is 0.320. The van der Waals surface area contributed by atoms with E-state index in [1.54, 1.807) is 13.0 Å². The molecule has 0 bridgehead atoms. The summed E-state index contributed by atoms with van der Waals surface area (Å²) < 4.78 is 12.0. The number of halogens is 1. The van der Waals surface area contributed by atoms with Crippen molar-refractivity contribution < 1.29 is 13.9 Å². The molecule has 116 valence electrons. The minimum Gasteiger partial charge on any atom is -0.462 e. The third-order valence-corrected chi connectivity index (χ3v) is 4.10. The normalized spacial score (nSPS) is 10.5. The summed E-state index contributed by atoms with van der Waals surface area (Å²) in [6.07, 6.45) is 0. The molecule has 0 atom stereocenters. The van der Waals surface area contributed by atoms with E-state index in [4.69, 9.17) is 9.15 Å². The lowest BCUT2D eigenvalue weighted by Gasteiger charge is -2.04. The summed E-state index contributed by atoms with van der Waals surface area (Å²) in [4.78, 5) is 12.3. The first kappa shape index (κ1) is 15.6. The Kier molecular flexibility index (Phi) is 4.63. The Bertz CT molecular complexity index is 822. The molecule has 0 radical (unpaired) electrons. The second-order valence-corrected chi connectivity index (χ2v) is 5.77. The summed E-state index contributed by atoms with van der Waals surface area (Å²) in [5.41, 5.74) is 2.16. The van der Waals surface area contributed by atoms with Crippen molar-refractivity contribution in [2.45, 2.75) is 6.92 Å². The van der Waals surface area contributed by atoms with Crippen molar-refractivity contribution in [3.8, 4) is 22.6 Å². The number of carbonyl (C=O) groups is 1. The van der Waals surface area contributed by atoms with Gasteiger partial charge < -0.3 is 9.15 Å². The molecule has 0 saturated carbocycles. The van der Waals surface area contributed by atoms with Gasteiger partial charge in [0.05, 0.1) is 6.61 Å². The number of ether oxygens (including phenoxy) is 1. The maximum atomic E-state index is 12.3. The summed E-state index contributed by atoms with van der Waals surface area (Å²) in [6, 6.07) is 19.1. The number of esters is 1. The van der Waals surface area contributed by atoms with Crippen LogP contribution in [-0.4, -0.2) is 12.6 Å². The van der Waals surface area contributed by atoms with Crippen LogP contribution in [0.5, 0.6) is 0 Å². The molecule has 23 heavy (non-hydrogen) atoms. The number of benzene rings is 2. The number of rotatable bonds is 4. The van der Waals surface area contributed by atoms with Crippen LogP contribution in [-0.2, 0) is 4.74 Å². The Balaban J connectivity index is 2.15. The molecule has 3 nitrogen and oxygen atoms in total. The standard InChI is InChI=1S/C19H15BrO3/c1-2-22-19(21)15-12-17(13-8-4-3-5-9-13)23-18(15)14-10-6-7-11-16(14)20/h3-12H,2H2,1H3. The zero-order valence-corrected chi connectivity index (χ0v) is 14.2. The van der Waals surface area contributed by atoms with Gasteiger partial charge in [-0.3, -0.25) is 0 Å². The van der Waals surface area contributed by atoms with Crippen LogP contribution in [0.15, 0.2) is 69.6 Å². The van der Waals surface area contributed by atoms with Crippen LogP contribution in [0.2, 0.25) is 0 Å². The van der Waals surface area contributed by atoms with Gasteiger partial charge in [0.25, 0.3) is 0 Å². The van der Waals surface area contributed by atoms with Crippen molar-refractivity contribution in [1.82, 2.24) is 0 Å². The molecule has 0 unspecified atom stereocenters. The SMILES string of the molecule is CCOC(=O)c1cc(-c2ccccc2)oc1-c1ccccc1Br. The molecule has 2 aromatic carbocycles. The topological polar surface area (TPSA) is 39.4 Å². The molecule has 4 heteroatoms. The van der Waals surface area contributed by atoms with Gasteiger partial charge in [-0.05, 0) is 19.1 Å². The molecule has 0 N–H and O–H groups in total. The fraction of sp³-hybridized carbons (Fsp3) is 0.105. The zero-order valence-electron chi connectivity index (χ0n) is 12.6. The molecule has 1 heterocycles. The average Bonchev–Trinajstić information content (AvgIpc) is 3.01. The lowest BCUT2D eigenvalue weighted by molar-refractivity contribution is 0.0527. The molecule has 0 aliphatic heterocycles. The van der Waals surface area contributed by atoms with E-state index in [9.17, 15) is 4.79 Å². The van der Waals surface area contributed by atoms with Crippen LogP contribution in [0.1, 0.15) is 17.3 Å². The molecule has 1 aromatic heterocycles. The van der Waals surface area contributed by atoms with Gasteiger partial charge in [-0.25, -0.2) is 4.79 Å². The van der Waals surface area contributed by atoms with Gasteiger partial charge in [-0.15, -0.1) is 0 Å². The van der Waals surface area contributed by atoms with Crippen LogP contribution in [0.25, 0.3) is 22.6 Å². The molecule has 0 aliphatic rings. The Hall–Kier alpha value is -2.33. The third kappa shape index (κ3) is 3.22. The second-order valence-electron chi connectivity index (χ2n) is 4.92. The lowest BCUT2D eigenvalue weighted by atomic mass is 10.1. The van der Waals surface area contributed by atoms with E-state index in [1.807, 2.05) is 54.6 Å². The van der Waals surface area contributed by atoms with Crippen LogP contribution in [0.4, 0.5) is 0 Å². The van der Waals surface area contributed by atoms with E-state index < -0.39 is 0 Å². The summed E-state index contributed by atoms with van der Waals surface area (Å²) in [6.45, 7) is 2.11. The fourth-order valence-electron chi connectivity index (χ4n) is 2.34. The molecular weight excluding hydrogens is 356 g/mol. The monoisotopic (exact) mass is 370 g/mol. The first-order valence-electron chi connectivity index (χ1n) is 7.32. The summed E-state index contributed by atoms with van der Waals surface area (Å²) in [7, 11) is 0. The molecule has 0 aliphatic carbocycles. The number of hydrogen-bond acceptors (Lipinski definition) is 3. The van der Waals surface area contributed by atoms with Gasteiger partial charge in [0.15, 0.2) is 0 Å². The van der Waals surface area contributed by atoms with Crippen molar-refractivity contribution in [1.29, 1.82) is 0 Å². The fourth-order valence-corrected chi connectivity index (χ4v) is 2.81. The largest absolute Gasteiger partial charge is 0.462 e. The van der Waals surface area contributed by atoms with Gasteiger partial charge in [0, 0.05) is 15.6 Å². The van der Waals surface area contributed by atoms with Gasteiger partial charge in [-0.1, -0.05) is 64.5 Å². The highest BCUT2D eigenvalue weighted by Gasteiger charge is 2.22. The summed E-state index contributed by atoms with van der Waals surface area (Å²) in [5, 5.41) is 0. The zero-order chi connectivity index (χ0) is 16.2. The third-order valence-electron chi connectivity index (χ3n) is 3.40. The number of furan rings is 1.